The van der Waals surface area contributed by atoms with Gasteiger partial charge in [0, 0.05) is 11.7 Å². The number of hydrogen-bond donors (Lipinski definition) is 2. The van der Waals surface area contributed by atoms with Crippen molar-refractivity contribution in [2.24, 2.45) is 5.92 Å². The van der Waals surface area contributed by atoms with Crippen molar-refractivity contribution in [3.8, 4) is 0 Å². The van der Waals surface area contributed by atoms with E-state index in [1.54, 1.807) is 25.2 Å². The molecule has 7 nitrogen and oxygen atoms in total. The molecule has 2 aromatic rings. The molecule has 0 saturated heterocycles. The maximum Gasteiger partial charge on any atom is 0.323 e. The lowest BCUT2D eigenvalue weighted by atomic mass is 10.2. The van der Waals surface area contributed by atoms with Gasteiger partial charge in [-0.2, -0.15) is 0 Å². The van der Waals surface area contributed by atoms with Gasteiger partial charge in [0.15, 0.2) is 0 Å². The molecule has 0 bridgehead atoms. The lowest BCUT2D eigenvalue weighted by Gasteiger charge is -2.26. The molecule has 10 heteroatoms. The van der Waals surface area contributed by atoms with Gasteiger partial charge in [-0.05, 0) is 54.8 Å². The third-order valence-corrected chi connectivity index (χ3v) is 8.05. The van der Waals surface area contributed by atoms with Gasteiger partial charge in [-0.1, -0.05) is 33.8 Å². The molecular weight excluding hydrogens is 466 g/mol. The van der Waals surface area contributed by atoms with Crippen LogP contribution in [0.3, 0.4) is 0 Å². The van der Waals surface area contributed by atoms with Gasteiger partial charge in [0.05, 0.1) is 17.6 Å². The summed E-state index contributed by atoms with van der Waals surface area (Å²) < 4.78 is 40.7. The summed E-state index contributed by atoms with van der Waals surface area (Å²) in [5.41, 5.74) is 0.160. The Hall–Kier alpha value is -1.80. The summed E-state index contributed by atoms with van der Waals surface area (Å²) in [6, 6.07) is 5.46. The van der Waals surface area contributed by atoms with Gasteiger partial charge in [0.2, 0.25) is 5.91 Å². The van der Waals surface area contributed by atoms with Crippen LogP contribution in [0.1, 0.15) is 68.6 Å². The monoisotopic (exact) mass is 500 g/mol. The van der Waals surface area contributed by atoms with E-state index in [1.807, 2.05) is 27.7 Å². The number of carbonyl (C=O) groups excluding carboxylic acids is 2. The standard InChI is InChI=1S/C21H28FN2O5PS.C2H6/c1-12(2)11-28-21(26)13(3)24-30(27,29-16-6-7-16)19(22)14-5-8-17-15(9-14)10-18(31-17)20(25)23-4;1-2/h5,8-10,12-13,16,19H,6-7,11H2,1-4H3,(H,23,25)(H,24,27);1-2H3. The number of halogens is 1. The average Bonchev–Trinajstić information content (AvgIpc) is 3.50. The van der Waals surface area contributed by atoms with E-state index in [0.29, 0.717) is 23.1 Å². The summed E-state index contributed by atoms with van der Waals surface area (Å²) in [5, 5.41) is 5.82. The van der Waals surface area contributed by atoms with E-state index in [0.717, 1.165) is 4.70 Å². The second kappa shape index (κ2) is 12.1. The summed E-state index contributed by atoms with van der Waals surface area (Å²) in [4.78, 5) is 24.6. The number of hydrogen-bond acceptors (Lipinski definition) is 6. The lowest BCUT2D eigenvalue weighted by molar-refractivity contribution is -0.146. The van der Waals surface area contributed by atoms with Crippen LogP contribution in [0.25, 0.3) is 10.1 Å². The first-order valence-corrected chi connectivity index (χ1v) is 13.8. The predicted molar refractivity (Wildman–Crippen MR) is 131 cm³/mol. The zero-order chi connectivity index (χ0) is 24.8. The Kier molecular flexibility index (Phi) is 10.0. The number of amides is 1. The molecule has 33 heavy (non-hydrogen) atoms. The van der Waals surface area contributed by atoms with Crippen molar-refractivity contribution in [2.45, 2.75) is 65.5 Å². The van der Waals surface area contributed by atoms with Crippen molar-refractivity contribution < 1.29 is 27.8 Å². The molecule has 0 spiro atoms. The third kappa shape index (κ3) is 7.34. The van der Waals surface area contributed by atoms with E-state index >= 15 is 4.39 Å². The number of nitrogens with one attached hydrogen (secondary N) is 2. The quantitative estimate of drug-likeness (QED) is 0.316. The van der Waals surface area contributed by atoms with Crippen molar-refractivity contribution in [1.82, 2.24) is 10.4 Å². The molecular formula is C23H34FN2O5PS. The second-order valence-electron chi connectivity index (χ2n) is 8.10. The fourth-order valence-electron chi connectivity index (χ4n) is 2.88. The molecule has 0 radical (unpaired) electrons. The minimum atomic E-state index is -4.07. The Labute approximate surface area is 198 Å². The minimum absolute atomic E-state index is 0.150. The summed E-state index contributed by atoms with van der Waals surface area (Å²) in [5.74, 6) is -2.65. The smallest absolute Gasteiger partial charge is 0.323 e. The molecule has 184 valence electrons. The second-order valence-corrected chi connectivity index (χ2v) is 11.3. The van der Waals surface area contributed by atoms with E-state index < -0.39 is 25.4 Å². The Bertz CT molecular complexity index is 1010. The highest BCUT2D eigenvalue weighted by Crippen LogP contribution is 2.61. The van der Waals surface area contributed by atoms with Gasteiger partial charge < -0.3 is 14.6 Å². The van der Waals surface area contributed by atoms with Crippen molar-refractivity contribution in [1.29, 1.82) is 0 Å². The summed E-state index contributed by atoms with van der Waals surface area (Å²) in [6.07, 6.45) is 1.10. The maximum atomic E-state index is 15.6. The first-order chi connectivity index (χ1) is 15.6. The van der Waals surface area contributed by atoms with Crippen LogP contribution >= 0.6 is 18.9 Å². The Balaban J connectivity index is 0.00000187. The van der Waals surface area contributed by atoms with E-state index in [1.165, 1.54) is 24.3 Å². The van der Waals surface area contributed by atoms with Gasteiger partial charge in [-0.15, -0.1) is 11.3 Å². The fraction of sp³-hybridized carbons (Fsp3) is 0.565. The molecule has 0 aliphatic heterocycles. The average molecular weight is 501 g/mol. The molecule has 1 fully saturated rings. The van der Waals surface area contributed by atoms with Crippen LogP contribution in [0, 0.1) is 5.92 Å². The van der Waals surface area contributed by atoms with Gasteiger partial charge >= 0.3 is 13.5 Å². The zero-order valence-electron chi connectivity index (χ0n) is 20.0. The van der Waals surface area contributed by atoms with Crippen LogP contribution in [-0.2, 0) is 18.6 Å². The molecule has 2 N–H and O–H groups in total. The molecule has 1 heterocycles. The number of rotatable bonds is 10. The molecule has 3 rings (SSSR count). The fourth-order valence-corrected chi connectivity index (χ4v) is 6.02. The molecule has 1 aromatic carbocycles. The van der Waals surface area contributed by atoms with Crippen LogP contribution < -0.4 is 10.4 Å². The normalized spacial score (nSPS) is 17.0. The first-order valence-electron chi connectivity index (χ1n) is 11.2. The van der Waals surface area contributed by atoms with Crippen molar-refractivity contribution >= 4 is 40.8 Å². The molecule has 1 aromatic heterocycles. The predicted octanol–water partition coefficient (Wildman–Crippen LogP) is 5.80. The number of fused-ring (bicyclic) bond motifs is 1. The lowest BCUT2D eigenvalue weighted by Crippen LogP contribution is -2.35. The number of alkyl halides is 1. The third-order valence-electron chi connectivity index (χ3n) is 4.68. The van der Waals surface area contributed by atoms with E-state index in [4.69, 9.17) is 9.26 Å². The number of benzene rings is 1. The van der Waals surface area contributed by atoms with E-state index in [9.17, 15) is 14.2 Å². The van der Waals surface area contributed by atoms with Crippen molar-refractivity contribution in [3.05, 3.63) is 34.7 Å². The van der Waals surface area contributed by atoms with E-state index in [-0.39, 0.29) is 30.1 Å². The Morgan fingerprint density at radius 3 is 2.45 bits per heavy atom. The van der Waals surface area contributed by atoms with Crippen LogP contribution in [-0.4, -0.2) is 37.7 Å². The summed E-state index contributed by atoms with van der Waals surface area (Å²) >= 11 is 1.29. The van der Waals surface area contributed by atoms with Crippen LogP contribution in [0.4, 0.5) is 4.39 Å². The van der Waals surface area contributed by atoms with Gasteiger partial charge in [-0.3, -0.25) is 14.2 Å². The van der Waals surface area contributed by atoms with Gasteiger partial charge in [0.1, 0.15) is 6.04 Å². The summed E-state index contributed by atoms with van der Waals surface area (Å²) in [6.45, 7) is 9.51. The molecule has 1 aliphatic carbocycles. The topological polar surface area (TPSA) is 93.7 Å². The SMILES string of the molecule is CC.CNC(=O)c1cc2cc(C(F)P(=O)(NC(C)C(=O)OCC(C)C)OC3CC3)ccc2s1. The van der Waals surface area contributed by atoms with Crippen LogP contribution in [0.15, 0.2) is 24.3 Å². The maximum absolute atomic E-state index is 15.6. The van der Waals surface area contributed by atoms with Crippen molar-refractivity contribution in [3.63, 3.8) is 0 Å². The molecule has 3 atom stereocenters. The van der Waals surface area contributed by atoms with E-state index in [2.05, 4.69) is 10.4 Å². The van der Waals surface area contributed by atoms with Crippen LogP contribution in [0.2, 0.25) is 0 Å². The van der Waals surface area contributed by atoms with Gasteiger partial charge in [0.25, 0.3) is 5.91 Å². The highest BCUT2D eigenvalue weighted by atomic mass is 32.1. The number of carbonyl (C=O) groups is 2. The van der Waals surface area contributed by atoms with Crippen molar-refractivity contribution in [2.75, 3.05) is 13.7 Å². The zero-order valence-corrected chi connectivity index (χ0v) is 21.7. The highest BCUT2D eigenvalue weighted by molar-refractivity contribution is 7.57. The molecule has 1 saturated carbocycles. The number of esters is 1. The van der Waals surface area contributed by atoms with Gasteiger partial charge in [-0.25, -0.2) is 9.48 Å². The summed E-state index contributed by atoms with van der Waals surface area (Å²) in [7, 11) is -2.53. The number of thiophene rings is 1. The molecule has 3 unspecified atom stereocenters. The number of ether oxygens (including phenoxy) is 1. The Morgan fingerprint density at radius 1 is 1.21 bits per heavy atom. The minimum Gasteiger partial charge on any atom is -0.464 e. The molecule has 1 aliphatic rings. The largest absolute Gasteiger partial charge is 0.464 e. The Morgan fingerprint density at radius 2 is 1.88 bits per heavy atom. The first kappa shape index (κ1) is 27.4. The highest BCUT2D eigenvalue weighted by Gasteiger charge is 2.43. The van der Waals surface area contributed by atoms with Crippen LogP contribution in [0.5, 0.6) is 0 Å². The molecule has 1 amide bonds.